The predicted molar refractivity (Wildman–Crippen MR) is 89.7 cm³/mol. The second-order valence-corrected chi connectivity index (χ2v) is 5.78. The van der Waals surface area contributed by atoms with Gasteiger partial charge in [0.15, 0.2) is 0 Å². The van der Waals surface area contributed by atoms with Gasteiger partial charge in [0.2, 0.25) is 5.60 Å². The van der Waals surface area contributed by atoms with Crippen LogP contribution in [0.4, 0.5) is 0 Å². The van der Waals surface area contributed by atoms with Gasteiger partial charge >= 0.3 is 0 Å². The molecule has 2 heterocycles. The van der Waals surface area contributed by atoms with Gasteiger partial charge in [-0.1, -0.05) is 23.4 Å². The molecule has 0 fully saturated rings. The lowest BCUT2D eigenvalue weighted by Gasteiger charge is -2.20. The van der Waals surface area contributed by atoms with Crippen molar-refractivity contribution in [3.05, 3.63) is 59.9 Å². The van der Waals surface area contributed by atoms with Crippen LogP contribution in [-0.2, 0) is 16.2 Å². The number of pyridine rings is 1. The van der Waals surface area contributed by atoms with Crippen molar-refractivity contribution in [1.29, 1.82) is 0 Å². The maximum Gasteiger partial charge on any atom is 0.267 e. The first-order valence-corrected chi connectivity index (χ1v) is 7.68. The van der Waals surface area contributed by atoms with Crippen LogP contribution in [0.1, 0.15) is 24.5 Å². The van der Waals surface area contributed by atoms with E-state index in [1.54, 1.807) is 26.4 Å². The maximum absolute atomic E-state index is 12.5. The van der Waals surface area contributed by atoms with E-state index < -0.39 is 5.60 Å². The minimum absolute atomic E-state index is 0.208. The molecule has 0 spiro atoms. The smallest absolute Gasteiger partial charge is 0.267 e. The average Bonchev–Trinajstić information content (AvgIpc) is 3.04. The van der Waals surface area contributed by atoms with E-state index >= 15 is 0 Å². The van der Waals surface area contributed by atoms with Crippen molar-refractivity contribution >= 4 is 11.6 Å². The monoisotopic (exact) mass is 325 g/mol. The summed E-state index contributed by atoms with van der Waals surface area (Å²) in [5.41, 5.74) is 1.44. The largest absolute Gasteiger partial charge is 0.496 e. The van der Waals surface area contributed by atoms with E-state index in [4.69, 9.17) is 9.57 Å². The first-order valence-electron chi connectivity index (χ1n) is 7.68. The highest BCUT2D eigenvalue weighted by molar-refractivity contribution is 6.07. The third-order valence-electron chi connectivity index (χ3n) is 3.94. The van der Waals surface area contributed by atoms with Crippen LogP contribution >= 0.6 is 0 Å². The molecule has 24 heavy (non-hydrogen) atoms. The Balaban J connectivity index is 1.67. The van der Waals surface area contributed by atoms with Gasteiger partial charge in [-0.25, -0.2) is 0 Å². The highest BCUT2D eigenvalue weighted by atomic mass is 16.7. The molecule has 0 aliphatic carbocycles. The predicted octanol–water partition coefficient (Wildman–Crippen LogP) is 2.29. The molecule has 6 nitrogen and oxygen atoms in total. The van der Waals surface area contributed by atoms with Crippen LogP contribution in [0.3, 0.4) is 0 Å². The minimum atomic E-state index is -1.03. The molecule has 0 bridgehead atoms. The van der Waals surface area contributed by atoms with Crippen molar-refractivity contribution in [1.82, 2.24) is 10.3 Å². The lowest BCUT2D eigenvalue weighted by atomic mass is 9.94. The third-order valence-corrected chi connectivity index (χ3v) is 3.94. The van der Waals surface area contributed by atoms with Gasteiger partial charge in [0, 0.05) is 30.9 Å². The van der Waals surface area contributed by atoms with Gasteiger partial charge < -0.3 is 14.9 Å². The van der Waals surface area contributed by atoms with Crippen molar-refractivity contribution in [2.45, 2.75) is 25.5 Å². The highest BCUT2D eigenvalue weighted by Crippen LogP contribution is 2.30. The lowest BCUT2D eigenvalue weighted by Crippen LogP contribution is -2.44. The zero-order chi connectivity index (χ0) is 17.0. The zero-order valence-electron chi connectivity index (χ0n) is 13.7. The van der Waals surface area contributed by atoms with Gasteiger partial charge in [0.05, 0.1) is 12.8 Å². The molecule has 1 aromatic heterocycles. The van der Waals surface area contributed by atoms with Gasteiger partial charge in [-0.15, -0.1) is 0 Å². The fraction of sp³-hybridized carbons (Fsp3) is 0.278. The molecule has 0 unspecified atom stereocenters. The number of ether oxygens (including phenoxy) is 1. The van der Waals surface area contributed by atoms with E-state index in [1.165, 1.54) is 0 Å². The van der Waals surface area contributed by atoms with E-state index in [9.17, 15) is 4.79 Å². The second-order valence-electron chi connectivity index (χ2n) is 5.78. The third kappa shape index (κ3) is 3.22. The summed E-state index contributed by atoms with van der Waals surface area (Å²) in [7, 11) is 1.61. The van der Waals surface area contributed by atoms with Crippen molar-refractivity contribution in [2.24, 2.45) is 5.16 Å². The van der Waals surface area contributed by atoms with Crippen molar-refractivity contribution in [3.8, 4) is 5.75 Å². The van der Waals surface area contributed by atoms with Crippen LogP contribution in [0.25, 0.3) is 0 Å². The summed E-state index contributed by atoms with van der Waals surface area (Å²) in [4.78, 5) is 22.0. The number of benzene rings is 1. The van der Waals surface area contributed by atoms with Crippen molar-refractivity contribution < 1.29 is 14.4 Å². The Hall–Kier alpha value is -2.89. The quantitative estimate of drug-likeness (QED) is 0.915. The number of rotatable bonds is 5. The number of carbonyl (C=O) groups excluding carboxylic acids is 1. The fourth-order valence-corrected chi connectivity index (χ4v) is 2.56. The summed E-state index contributed by atoms with van der Waals surface area (Å²) in [6.07, 6.45) is 3.79. The summed E-state index contributed by atoms with van der Waals surface area (Å²) in [6.45, 7) is 2.13. The maximum atomic E-state index is 12.5. The number of amides is 1. The first kappa shape index (κ1) is 16.0. The first-order chi connectivity index (χ1) is 11.6. The van der Waals surface area contributed by atoms with E-state index in [0.717, 1.165) is 11.1 Å². The molecule has 1 amide bonds. The Bertz CT molecular complexity index is 761. The molecule has 1 aromatic carbocycles. The number of methoxy groups -OCH3 is 1. The standard InChI is InChI=1S/C18H19N3O3/c1-18(17(22)20-12-13-6-5-9-19-11-13)10-15(21-24-18)14-7-3-4-8-16(14)23-2/h3-9,11H,10,12H2,1-2H3,(H,20,22)/t18-/m0/s1. The number of oxime groups is 1. The number of carbonyl (C=O) groups is 1. The van der Waals surface area contributed by atoms with E-state index in [-0.39, 0.29) is 5.91 Å². The van der Waals surface area contributed by atoms with Crippen LogP contribution in [0.15, 0.2) is 53.9 Å². The van der Waals surface area contributed by atoms with E-state index in [1.807, 2.05) is 36.4 Å². The summed E-state index contributed by atoms with van der Waals surface area (Å²) in [6, 6.07) is 11.3. The number of hydrogen-bond donors (Lipinski definition) is 1. The molecule has 124 valence electrons. The number of hydrogen-bond acceptors (Lipinski definition) is 5. The van der Waals surface area contributed by atoms with Gasteiger partial charge in [0.25, 0.3) is 5.91 Å². The lowest BCUT2D eigenvalue weighted by molar-refractivity contribution is -0.141. The van der Waals surface area contributed by atoms with Gasteiger partial charge in [0.1, 0.15) is 5.75 Å². The number of para-hydroxylation sites is 1. The Morgan fingerprint density at radius 3 is 2.92 bits per heavy atom. The molecule has 1 aliphatic heterocycles. The Morgan fingerprint density at radius 1 is 1.33 bits per heavy atom. The topological polar surface area (TPSA) is 72.8 Å². The van der Waals surface area contributed by atoms with E-state index in [2.05, 4.69) is 15.5 Å². The number of nitrogens with one attached hydrogen (secondary N) is 1. The second kappa shape index (κ2) is 6.70. The summed E-state index contributed by atoms with van der Waals surface area (Å²) in [5, 5.41) is 6.98. The molecular formula is C18H19N3O3. The van der Waals surface area contributed by atoms with Crippen LogP contribution < -0.4 is 10.1 Å². The molecule has 1 atom stereocenters. The Labute approximate surface area is 140 Å². The molecule has 6 heteroatoms. The molecule has 2 aromatic rings. The van der Waals surface area contributed by atoms with E-state index in [0.29, 0.717) is 24.4 Å². The molecule has 3 rings (SSSR count). The molecule has 0 saturated heterocycles. The fourth-order valence-electron chi connectivity index (χ4n) is 2.56. The van der Waals surface area contributed by atoms with Gasteiger partial charge in [-0.3, -0.25) is 9.78 Å². The summed E-state index contributed by atoms with van der Waals surface area (Å²) < 4.78 is 5.35. The van der Waals surface area contributed by atoms with Crippen molar-refractivity contribution in [2.75, 3.05) is 7.11 Å². The normalized spacial score (nSPS) is 19.3. The molecule has 1 aliphatic rings. The van der Waals surface area contributed by atoms with Crippen LogP contribution in [-0.4, -0.2) is 29.3 Å². The number of nitrogens with zero attached hydrogens (tertiary/aromatic N) is 2. The summed E-state index contributed by atoms with van der Waals surface area (Å²) >= 11 is 0. The molecule has 0 radical (unpaired) electrons. The minimum Gasteiger partial charge on any atom is -0.496 e. The highest BCUT2D eigenvalue weighted by Gasteiger charge is 2.42. The Kier molecular flexibility index (Phi) is 4.46. The average molecular weight is 325 g/mol. The Morgan fingerprint density at radius 2 is 2.17 bits per heavy atom. The van der Waals surface area contributed by atoms with Crippen LogP contribution in [0, 0.1) is 0 Å². The molecule has 0 saturated carbocycles. The van der Waals surface area contributed by atoms with Crippen molar-refractivity contribution in [3.63, 3.8) is 0 Å². The van der Waals surface area contributed by atoms with Gasteiger partial charge in [-0.2, -0.15) is 0 Å². The zero-order valence-corrected chi connectivity index (χ0v) is 13.7. The summed E-state index contributed by atoms with van der Waals surface area (Å²) in [5.74, 6) is 0.500. The molecule has 1 N–H and O–H groups in total. The SMILES string of the molecule is COc1ccccc1C1=NO[C@](C)(C(=O)NCc2cccnc2)C1. The van der Waals surface area contributed by atoms with Crippen LogP contribution in [0.5, 0.6) is 5.75 Å². The van der Waals surface area contributed by atoms with Gasteiger partial charge in [-0.05, 0) is 30.7 Å². The number of aromatic nitrogens is 1. The van der Waals surface area contributed by atoms with Crippen LogP contribution in [0.2, 0.25) is 0 Å². The molecular weight excluding hydrogens is 306 g/mol.